The zero-order valence-corrected chi connectivity index (χ0v) is 11.1. The highest BCUT2D eigenvalue weighted by atomic mass is 16.6. The Kier molecular flexibility index (Phi) is 4.35. The van der Waals surface area contributed by atoms with E-state index in [1.165, 1.54) is 0 Å². The van der Waals surface area contributed by atoms with E-state index in [-0.39, 0.29) is 12.1 Å². The number of piperazine rings is 1. The molecule has 17 heavy (non-hydrogen) atoms. The van der Waals surface area contributed by atoms with Crippen molar-refractivity contribution in [2.45, 2.75) is 38.8 Å². The van der Waals surface area contributed by atoms with Gasteiger partial charge in [-0.15, -0.1) is 0 Å². The molecule has 1 heterocycles. The lowest BCUT2D eigenvalue weighted by atomic mass is 10.1. The summed E-state index contributed by atoms with van der Waals surface area (Å²) in [5.74, 6) is 0. The summed E-state index contributed by atoms with van der Waals surface area (Å²) in [5.41, 5.74) is -0.488. The molecule has 0 aromatic rings. The van der Waals surface area contributed by atoms with Crippen LogP contribution >= 0.6 is 0 Å². The van der Waals surface area contributed by atoms with E-state index < -0.39 is 5.60 Å². The standard InChI is InChI=1S/C12H21N3O2/c1-12(2,3)17-11(16)15-8-7-14(4)9-10(15)5-6-13/h10H,5,7-9H2,1-4H3. The SMILES string of the molecule is CN1CCN(C(=O)OC(C)(C)C)C(CC#N)C1. The van der Waals surface area contributed by atoms with E-state index in [0.717, 1.165) is 13.1 Å². The summed E-state index contributed by atoms with van der Waals surface area (Å²) in [6.45, 7) is 7.71. The molecule has 0 spiro atoms. The Morgan fingerprint density at radius 3 is 2.65 bits per heavy atom. The Morgan fingerprint density at radius 1 is 1.47 bits per heavy atom. The molecule has 1 aliphatic heterocycles. The van der Waals surface area contributed by atoms with Crippen molar-refractivity contribution >= 4 is 6.09 Å². The molecule has 1 rings (SSSR count). The first-order valence-electron chi connectivity index (χ1n) is 5.88. The molecule has 0 radical (unpaired) electrons. The molecular formula is C12H21N3O2. The monoisotopic (exact) mass is 239 g/mol. The van der Waals surface area contributed by atoms with Gasteiger partial charge in [0.15, 0.2) is 0 Å². The van der Waals surface area contributed by atoms with Crippen molar-refractivity contribution in [3.05, 3.63) is 0 Å². The molecule has 5 nitrogen and oxygen atoms in total. The van der Waals surface area contributed by atoms with Gasteiger partial charge in [-0.3, -0.25) is 0 Å². The lowest BCUT2D eigenvalue weighted by Crippen LogP contribution is -2.54. The normalized spacial score (nSPS) is 22.1. The molecule has 1 amide bonds. The lowest BCUT2D eigenvalue weighted by Gasteiger charge is -2.39. The molecule has 0 aromatic heterocycles. The minimum atomic E-state index is -0.488. The molecule has 0 bridgehead atoms. The maximum absolute atomic E-state index is 12.0. The van der Waals surface area contributed by atoms with Crippen molar-refractivity contribution < 1.29 is 9.53 Å². The average Bonchev–Trinajstić information content (AvgIpc) is 2.15. The third-order valence-electron chi connectivity index (χ3n) is 2.64. The van der Waals surface area contributed by atoms with Gasteiger partial charge in [-0.2, -0.15) is 5.26 Å². The summed E-state index contributed by atoms with van der Waals surface area (Å²) in [5, 5.41) is 8.79. The molecule has 1 aliphatic rings. The molecular weight excluding hydrogens is 218 g/mol. The third kappa shape index (κ3) is 4.23. The van der Waals surface area contributed by atoms with Crippen LogP contribution in [0, 0.1) is 11.3 Å². The van der Waals surface area contributed by atoms with Gasteiger partial charge in [0.2, 0.25) is 0 Å². The van der Waals surface area contributed by atoms with Crippen molar-refractivity contribution in [1.82, 2.24) is 9.80 Å². The zero-order valence-electron chi connectivity index (χ0n) is 11.1. The number of ether oxygens (including phenoxy) is 1. The molecule has 5 heteroatoms. The molecule has 0 aliphatic carbocycles. The summed E-state index contributed by atoms with van der Waals surface area (Å²) in [4.78, 5) is 15.8. The topological polar surface area (TPSA) is 56.6 Å². The second-order valence-electron chi connectivity index (χ2n) is 5.45. The average molecular weight is 239 g/mol. The molecule has 0 aromatic carbocycles. The fourth-order valence-corrected chi connectivity index (χ4v) is 1.85. The van der Waals surface area contributed by atoms with Crippen LogP contribution in [-0.4, -0.2) is 54.2 Å². The highest BCUT2D eigenvalue weighted by Crippen LogP contribution is 2.16. The lowest BCUT2D eigenvalue weighted by molar-refractivity contribution is 0.00228. The van der Waals surface area contributed by atoms with E-state index in [2.05, 4.69) is 11.0 Å². The third-order valence-corrected chi connectivity index (χ3v) is 2.64. The molecule has 0 N–H and O–H groups in total. The molecule has 1 unspecified atom stereocenters. The summed E-state index contributed by atoms with van der Waals surface area (Å²) < 4.78 is 5.35. The number of nitrogens with zero attached hydrogens (tertiary/aromatic N) is 3. The second-order valence-corrected chi connectivity index (χ2v) is 5.45. The summed E-state index contributed by atoms with van der Waals surface area (Å²) in [7, 11) is 2.00. The van der Waals surface area contributed by atoms with Gasteiger partial charge in [-0.1, -0.05) is 0 Å². The Balaban J connectivity index is 2.66. The van der Waals surface area contributed by atoms with Gasteiger partial charge >= 0.3 is 6.09 Å². The van der Waals surface area contributed by atoms with Crippen LogP contribution in [0.5, 0.6) is 0 Å². The van der Waals surface area contributed by atoms with Gasteiger partial charge in [-0.05, 0) is 27.8 Å². The number of nitriles is 1. The number of rotatable bonds is 1. The summed E-state index contributed by atoms with van der Waals surface area (Å²) in [6.07, 6.45) is 0.0367. The summed E-state index contributed by atoms with van der Waals surface area (Å²) in [6, 6.07) is 2.07. The molecule has 1 saturated heterocycles. The molecule has 1 fully saturated rings. The number of carbonyl (C=O) groups is 1. The number of hydrogen-bond acceptors (Lipinski definition) is 4. The van der Waals surface area contributed by atoms with E-state index in [4.69, 9.17) is 10.00 Å². The molecule has 96 valence electrons. The van der Waals surface area contributed by atoms with Gasteiger partial charge in [-0.25, -0.2) is 4.79 Å². The quantitative estimate of drug-likeness (QED) is 0.695. The van der Waals surface area contributed by atoms with Crippen LogP contribution in [0.4, 0.5) is 4.79 Å². The van der Waals surface area contributed by atoms with Gasteiger partial charge in [0, 0.05) is 19.6 Å². The first-order valence-corrected chi connectivity index (χ1v) is 5.88. The maximum Gasteiger partial charge on any atom is 0.410 e. The minimum absolute atomic E-state index is 0.0615. The van der Waals surface area contributed by atoms with Gasteiger partial charge in [0.25, 0.3) is 0 Å². The number of carbonyl (C=O) groups excluding carboxylic acids is 1. The number of likely N-dealkylation sites (N-methyl/N-ethyl adjacent to an activating group) is 1. The zero-order chi connectivity index (χ0) is 13.1. The van der Waals surface area contributed by atoms with Crippen LogP contribution < -0.4 is 0 Å². The van der Waals surface area contributed by atoms with E-state index in [9.17, 15) is 4.79 Å². The van der Waals surface area contributed by atoms with Crippen molar-refractivity contribution in [2.24, 2.45) is 0 Å². The highest BCUT2D eigenvalue weighted by Gasteiger charge is 2.31. The Hall–Kier alpha value is -1.28. The second kappa shape index (κ2) is 5.37. The van der Waals surface area contributed by atoms with Crippen LogP contribution in [-0.2, 0) is 4.74 Å². The number of hydrogen-bond donors (Lipinski definition) is 0. The first-order chi connectivity index (χ1) is 7.83. The van der Waals surface area contributed by atoms with Gasteiger partial charge in [0.05, 0.1) is 18.5 Å². The first kappa shape index (κ1) is 13.8. The van der Waals surface area contributed by atoms with E-state index in [1.807, 2.05) is 27.8 Å². The van der Waals surface area contributed by atoms with Crippen LogP contribution in [0.2, 0.25) is 0 Å². The largest absolute Gasteiger partial charge is 0.444 e. The Bertz CT molecular complexity index is 317. The molecule has 0 saturated carbocycles. The summed E-state index contributed by atoms with van der Waals surface area (Å²) >= 11 is 0. The predicted molar refractivity (Wildman–Crippen MR) is 64.5 cm³/mol. The van der Waals surface area contributed by atoms with E-state index in [1.54, 1.807) is 4.90 Å². The van der Waals surface area contributed by atoms with Gasteiger partial charge in [0.1, 0.15) is 5.60 Å². The fourth-order valence-electron chi connectivity index (χ4n) is 1.85. The van der Waals surface area contributed by atoms with Crippen molar-refractivity contribution in [3.63, 3.8) is 0 Å². The van der Waals surface area contributed by atoms with Crippen LogP contribution in [0.15, 0.2) is 0 Å². The van der Waals surface area contributed by atoms with E-state index in [0.29, 0.717) is 13.0 Å². The minimum Gasteiger partial charge on any atom is -0.444 e. The molecule has 1 atom stereocenters. The maximum atomic E-state index is 12.0. The van der Waals surface area contributed by atoms with Crippen molar-refractivity contribution in [3.8, 4) is 6.07 Å². The van der Waals surface area contributed by atoms with Crippen LogP contribution in [0.25, 0.3) is 0 Å². The Labute approximate surface area is 103 Å². The van der Waals surface area contributed by atoms with Crippen molar-refractivity contribution in [2.75, 3.05) is 26.7 Å². The fraction of sp³-hybridized carbons (Fsp3) is 0.833. The van der Waals surface area contributed by atoms with Gasteiger partial charge < -0.3 is 14.5 Å². The predicted octanol–water partition coefficient (Wildman–Crippen LogP) is 1.45. The van der Waals surface area contributed by atoms with E-state index >= 15 is 0 Å². The van der Waals surface area contributed by atoms with Crippen LogP contribution in [0.1, 0.15) is 27.2 Å². The highest BCUT2D eigenvalue weighted by molar-refractivity contribution is 5.68. The van der Waals surface area contributed by atoms with Crippen molar-refractivity contribution in [1.29, 1.82) is 5.26 Å². The van der Waals surface area contributed by atoms with Crippen LogP contribution in [0.3, 0.4) is 0 Å². The smallest absolute Gasteiger partial charge is 0.410 e. The number of amides is 1. The Morgan fingerprint density at radius 2 is 2.12 bits per heavy atom.